The average Bonchev–Trinajstić information content (AvgIpc) is 2.77. The minimum atomic E-state index is -4.51. The first-order chi connectivity index (χ1) is 16.4. The van der Waals surface area contributed by atoms with Crippen LogP contribution in [0.3, 0.4) is 0 Å². The number of ether oxygens (including phenoxy) is 1. The first-order valence-electron chi connectivity index (χ1n) is 11.0. The Kier molecular flexibility index (Phi) is 7.61. The van der Waals surface area contributed by atoms with Crippen LogP contribution in [0.15, 0.2) is 34.0 Å². The summed E-state index contributed by atoms with van der Waals surface area (Å²) in [6.07, 6.45) is -3.24. The van der Waals surface area contributed by atoms with E-state index in [9.17, 15) is 27.6 Å². The quantitative estimate of drug-likeness (QED) is 0.498. The molecule has 0 fully saturated rings. The zero-order valence-corrected chi connectivity index (χ0v) is 19.7. The Morgan fingerprint density at radius 1 is 1.20 bits per heavy atom. The van der Waals surface area contributed by atoms with E-state index in [1.807, 2.05) is 27.7 Å². The number of fused-ring (bicyclic) bond motifs is 1. The third-order valence-corrected chi connectivity index (χ3v) is 4.99. The van der Waals surface area contributed by atoms with Gasteiger partial charge in [0.2, 0.25) is 5.88 Å². The maximum atomic E-state index is 13.1. The zero-order valence-electron chi connectivity index (χ0n) is 19.7. The fraction of sp³-hybridized carbons (Fsp3) is 0.435. The number of alkyl halides is 3. The minimum Gasteiger partial charge on any atom is -0.468 e. The van der Waals surface area contributed by atoms with Gasteiger partial charge in [-0.3, -0.25) is 19.1 Å². The molecule has 1 amide bonds. The highest BCUT2D eigenvalue weighted by Crippen LogP contribution is 2.21. The molecule has 188 valence electrons. The predicted octanol–water partition coefficient (Wildman–Crippen LogP) is 3.13. The predicted molar refractivity (Wildman–Crippen MR) is 123 cm³/mol. The lowest BCUT2D eigenvalue weighted by molar-refractivity contribution is -0.154. The van der Waals surface area contributed by atoms with Gasteiger partial charge in [0.25, 0.3) is 11.5 Å². The van der Waals surface area contributed by atoms with E-state index >= 15 is 0 Å². The van der Waals surface area contributed by atoms with Crippen LogP contribution in [0, 0.1) is 5.92 Å². The van der Waals surface area contributed by atoms with Crippen molar-refractivity contribution < 1.29 is 22.7 Å². The fourth-order valence-electron chi connectivity index (χ4n) is 3.38. The van der Waals surface area contributed by atoms with Crippen molar-refractivity contribution in [2.24, 2.45) is 5.92 Å². The van der Waals surface area contributed by atoms with Crippen molar-refractivity contribution in [2.45, 2.75) is 52.9 Å². The highest BCUT2D eigenvalue weighted by Gasteiger charge is 2.28. The molecule has 12 heteroatoms. The SMILES string of the molecule is CC(C)Cn1c(=O)[nH]c(=O)c2c(C(=O)NCc3ccnc(OCC(F)(F)F)c3)cc(C(C)C)nc21. The van der Waals surface area contributed by atoms with Crippen molar-refractivity contribution in [3.8, 4) is 5.88 Å². The molecule has 0 bridgehead atoms. The minimum absolute atomic E-state index is 0.0175. The van der Waals surface area contributed by atoms with E-state index in [1.54, 1.807) is 0 Å². The number of carbonyl (C=O) groups is 1. The van der Waals surface area contributed by atoms with Gasteiger partial charge < -0.3 is 10.1 Å². The maximum absolute atomic E-state index is 13.1. The van der Waals surface area contributed by atoms with Gasteiger partial charge in [0.05, 0.1) is 10.9 Å². The first-order valence-corrected chi connectivity index (χ1v) is 11.0. The summed E-state index contributed by atoms with van der Waals surface area (Å²) >= 11 is 0. The molecule has 0 unspecified atom stereocenters. The highest BCUT2D eigenvalue weighted by atomic mass is 19.4. The second-order valence-electron chi connectivity index (χ2n) is 8.80. The third-order valence-electron chi connectivity index (χ3n) is 4.99. The third kappa shape index (κ3) is 6.46. The van der Waals surface area contributed by atoms with E-state index in [4.69, 9.17) is 0 Å². The van der Waals surface area contributed by atoms with Crippen LogP contribution in [0.2, 0.25) is 0 Å². The van der Waals surface area contributed by atoms with Crippen molar-refractivity contribution in [2.75, 3.05) is 6.61 Å². The molecule has 3 aromatic heterocycles. The van der Waals surface area contributed by atoms with Crippen LogP contribution in [-0.2, 0) is 13.1 Å². The second kappa shape index (κ2) is 10.3. The summed E-state index contributed by atoms with van der Waals surface area (Å²) in [4.78, 5) is 48.8. The normalized spacial score (nSPS) is 11.9. The summed E-state index contributed by atoms with van der Waals surface area (Å²) in [5, 5.41) is 2.65. The van der Waals surface area contributed by atoms with Gasteiger partial charge in [-0.25, -0.2) is 14.8 Å². The van der Waals surface area contributed by atoms with Crippen molar-refractivity contribution in [1.82, 2.24) is 24.8 Å². The molecule has 2 N–H and O–H groups in total. The lowest BCUT2D eigenvalue weighted by Crippen LogP contribution is -2.34. The number of amides is 1. The molecule has 0 aromatic carbocycles. The van der Waals surface area contributed by atoms with Crippen molar-refractivity contribution in [1.29, 1.82) is 0 Å². The van der Waals surface area contributed by atoms with E-state index < -0.39 is 29.9 Å². The lowest BCUT2D eigenvalue weighted by Gasteiger charge is -2.16. The van der Waals surface area contributed by atoms with Gasteiger partial charge in [-0.05, 0) is 29.5 Å². The number of pyridine rings is 2. The van der Waals surface area contributed by atoms with Gasteiger partial charge >= 0.3 is 11.9 Å². The van der Waals surface area contributed by atoms with Crippen LogP contribution in [-0.4, -0.2) is 38.2 Å². The molecule has 3 heterocycles. The van der Waals surface area contributed by atoms with Crippen molar-refractivity contribution in [3.63, 3.8) is 0 Å². The van der Waals surface area contributed by atoms with Gasteiger partial charge in [-0.1, -0.05) is 27.7 Å². The van der Waals surface area contributed by atoms with Gasteiger partial charge in [0.1, 0.15) is 0 Å². The Labute approximate surface area is 198 Å². The van der Waals surface area contributed by atoms with Crippen molar-refractivity contribution >= 4 is 16.9 Å². The summed E-state index contributed by atoms with van der Waals surface area (Å²) < 4.78 is 43.2. The smallest absolute Gasteiger partial charge is 0.422 e. The molecule has 9 nitrogen and oxygen atoms in total. The number of nitrogens with one attached hydrogen (secondary N) is 2. The van der Waals surface area contributed by atoms with E-state index in [1.165, 1.54) is 29.0 Å². The Balaban J connectivity index is 1.96. The highest BCUT2D eigenvalue weighted by molar-refractivity contribution is 6.05. The van der Waals surface area contributed by atoms with Crippen LogP contribution >= 0.6 is 0 Å². The van der Waals surface area contributed by atoms with Gasteiger partial charge in [0, 0.05) is 31.0 Å². The van der Waals surface area contributed by atoms with Crippen LogP contribution in [0.1, 0.15) is 55.2 Å². The first kappa shape index (κ1) is 25.9. The van der Waals surface area contributed by atoms with Crippen LogP contribution < -0.4 is 21.3 Å². The monoisotopic (exact) mass is 493 g/mol. The molecule has 0 saturated heterocycles. The molecule has 35 heavy (non-hydrogen) atoms. The molecule has 0 radical (unpaired) electrons. The number of H-pyrrole nitrogens is 1. The topological polar surface area (TPSA) is 119 Å². The Bertz CT molecular complexity index is 1350. The number of halogens is 3. The standard InChI is InChI=1S/C23H26F3N5O4/c1-12(2)10-31-19-18(21(33)30-22(31)34)15(8-16(29-19)13(3)4)20(32)28-9-14-5-6-27-17(7-14)35-11-23(24,25)26/h5-8,12-13H,9-11H2,1-4H3,(H,28,32)(H,30,33,34). The molecule has 0 aliphatic carbocycles. The largest absolute Gasteiger partial charge is 0.468 e. The van der Waals surface area contributed by atoms with Crippen LogP contribution in [0.4, 0.5) is 13.2 Å². The fourth-order valence-corrected chi connectivity index (χ4v) is 3.38. The summed E-state index contributed by atoms with van der Waals surface area (Å²) in [5.74, 6) is -0.862. The zero-order chi connectivity index (χ0) is 25.9. The van der Waals surface area contributed by atoms with E-state index in [0.717, 1.165) is 0 Å². The number of aromatic nitrogens is 4. The number of aromatic amines is 1. The Hall–Kier alpha value is -3.70. The Morgan fingerprint density at radius 2 is 1.91 bits per heavy atom. The Morgan fingerprint density at radius 3 is 2.54 bits per heavy atom. The molecule has 0 aliphatic heterocycles. The maximum Gasteiger partial charge on any atom is 0.422 e. The number of hydrogen-bond acceptors (Lipinski definition) is 6. The number of rotatable bonds is 8. The van der Waals surface area contributed by atoms with Crippen LogP contribution in [0.25, 0.3) is 11.0 Å². The summed E-state index contributed by atoms with van der Waals surface area (Å²) in [5.41, 5.74) is -0.213. The molecule has 0 atom stereocenters. The molecular weight excluding hydrogens is 467 g/mol. The molecule has 0 aliphatic rings. The van der Waals surface area contributed by atoms with E-state index in [2.05, 4.69) is 25.0 Å². The molecular formula is C23H26F3N5O4. The summed E-state index contributed by atoms with van der Waals surface area (Å²) in [6, 6.07) is 4.30. The molecule has 3 rings (SSSR count). The molecule has 0 saturated carbocycles. The van der Waals surface area contributed by atoms with Crippen molar-refractivity contribution in [3.05, 3.63) is 62.1 Å². The second-order valence-corrected chi connectivity index (χ2v) is 8.80. The van der Waals surface area contributed by atoms with Gasteiger partial charge in [-0.15, -0.1) is 0 Å². The summed E-state index contributed by atoms with van der Waals surface area (Å²) in [6.45, 7) is 6.29. The van der Waals surface area contributed by atoms with E-state index in [0.29, 0.717) is 17.8 Å². The van der Waals surface area contributed by atoms with E-state index in [-0.39, 0.29) is 40.9 Å². The summed E-state index contributed by atoms with van der Waals surface area (Å²) in [7, 11) is 0. The molecule has 3 aromatic rings. The molecule has 0 spiro atoms. The average molecular weight is 493 g/mol. The van der Waals surface area contributed by atoms with Crippen LogP contribution in [0.5, 0.6) is 5.88 Å². The number of nitrogens with zero attached hydrogens (tertiary/aromatic N) is 3. The van der Waals surface area contributed by atoms with Gasteiger partial charge in [0.15, 0.2) is 12.3 Å². The number of carbonyl (C=O) groups excluding carboxylic acids is 1. The van der Waals surface area contributed by atoms with Gasteiger partial charge in [-0.2, -0.15) is 13.2 Å². The lowest BCUT2D eigenvalue weighted by atomic mass is 10.0. The number of hydrogen-bond donors (Lipinski definition) is 2.